The average molecular weight is 163 g/mol. The van der Waals surface area contributed by atoms with Crippen molar-refractivity contribution < 1.29 is 4.43 Å². The zero-order valence-electron chi connectivity index (χ0n) is 6.79. The van der Waals surface area contributed by atoms with Crippen molar-refractivity contribution in [3.05, 3.63) is 35.9 Å². The second-order valence-corrected chi connectivity index (χ2v) is 3.18. The highest BCUT2D eigenvalue weighted by molar-refractivity contribution is 5.98. The maximum absolute atomic E-state index is 5.13. The van der Waals surface area contributed by atoms with Gasteiger partial charge in [-0.2, -0.15) is 0 Å². The molecule has 0 fully saturated rings. The Bertz CT molecular complexity index is 218. The van der Waals surface area contributed by atoms with E-state index in [2.05, 4.69) is 10.5 Å². The van der Waals surface area contributed by atoms with E-state index in [1.54, 1.807) is 0 Å². The average Bonchev–Trinajstić information content (AvgIpc) is 2.06. The lowest BCUT2D eigenvalue weighted by atomic mass is 9.99. The SMILES string of the molecule is CC(C)(O[Si])c1ccccc1. The minimum Gasteiger partial charge on any atom is -0.410 e. The van der Waals surface area contributed by atoms with Crippen LogP contribution in [-0.2, 0) is 10.0 Å². The predicted molar refractivity (Wildman–Crippen MR) is 46.3 cm³/mol. The van der Waals surface area contributed by atoms with Crippen molar-refractivity contribution in [3.8, 4) is 0 Å². The fraction of sp³-hybridized carbons (Fsp3) is 0.333. The van der Waals surface area contributed by atoms with Gasteiger partial charge in [0.15, 0.2) is 0 Å². The summed E-state index contributed by atoms with van der Waals surface area (Å²) in [4.78, 5) is 0. The predicted octanol–water partition coefficient (Wildman–Crippen LogP) is 2.02. The molecule has 1 aromatic rings. The van der Waals surface area contributed by atoms with Crippen LogP contribution in [0.5, 0.6) is 0 Å². The quantitative estimate of drug-likeness (QED) is 0.606. The van der Waals surface area contributed by atoms with Gasteiger partial charge in [0, 0.05) is 0 Å². The summed E-state index contributed by atoms with van der Waals surface area (Å²) in [5.74, 6) is 0. The Morgan fingerprint density at radius 3 is 2.18 bits per heavy atom. The zero-order valence-corrected chi connectivity index (χ0v) is 7.79. The topological polar surface area (TPSA) is 9.23 Å². The molecule has 0 aliphatic rings. The molecule has 1 rings (SSSR count). The van der Waals surface area contributed by atoms with Crippen LogP contribution in [0.25, 0.3) is 0 Å². The fourth-order valence-corrected chi connectivity index (χ4v) is 1.02. The van der Waals surface area contributed by atoms with E-state index in [9.17, 15) is 0 Å². The number of hydrogen-bond donors (Lipinski definition) is 0. The van der Waals surface area contributed by atoms with Gasteiger partial charge in [-0.15, -0.1) is 0 Å². The summed E-state index contributed by atoms with van der Waals surface area (Å²) in [6.45, 7) is 4.02. The largest absolute Gasteiger partial charge is 0.410 e. The van der Waals surface area contributed by atoms with Gasteiger partial charge in [-0.1, -0.05) is 30.3 Å². The van der Waals surface area contributed by atoms with Crippen molar-refractivity contribution in [1.82, 2.24) is 0 Å². The highest BCUT2D eigenvalue weighted by Crippen LogP contribution is 2.22. The maximum Gasteiger partial charge on any atom is 0.247 e. The van der Waals surface area contributed by atoms with Crippen LogP contribution in [0.1, 0.15) is 19.4 Å². The first kappa shape index (κ1) is 8.49. The lowest BCUT2D eigenvalue weighted by Gasteiger charge is -2.23. The van der Waals surface area contributed by atoms with E-state index in [-0.39, 0.29) is 5.60 Å². The molecule has 1 nitrogen and oxygen atoms in total. The molecule has 0 spiro atoms. The van der Waals surface area contributed by atoms with Crippen molar-refractivity contribution in [2.45, 2.75) is 19.4 Å². The highest BCUT2D eigenvalue weighted by atomic mass is 28.2. The van der Waals surface area contributed by atoms with E-state index in [1.165, 1.54) is 0 Å². The maximum atomic E-state index is 5.13. The molecule has 0 atom stereocenters. The van der Waals surface area contributed by atoms with Crippen LogP contribution in [-0.4, -0.2) is 10.5 Å². The monoisotopic (exact) mass is 163 g/mol. The van der Waals surface area contributed by atoms with Crippen molar-refractivity contribution in [1.29, 1.82) is 0 Å². The number of hydrogen-bond acceptors (Lipinski definition) is 1. The molecule has 57 valence electrons. The van der Waals surface area contributed by atoms with Crippen molar-refractivity contribution >= 4 is 10.5 Å². The first-order chi connectivity index (χ1) is 5.17. The number of benzene rings is 1. The molecule has 2 heteroatoms. The summed E-state index contributed by atoms with van der Waals surface area (Å²) in [6, 6.07) is 10.1. The molecular formula is C9H11OSi. The lowest BCUT2D eigenvalue weighted by molar-refractivity contribution is 0.123. The minimum atomic E-state index is -0.252. The molecule has 0 saturated heterocycles. The Morgan fingerprint density at radius 1 is 1.18 bits per heavy atom. The molecule has 0 aromatic heterocycles. The van der Waals surface area contributed by atoms with Gasteiger partial charge in [0.1, 0.15) is 0 Å². The molecule has 0 unspecified atom stereocenters. The molecular weight excluding hydrogens is 152 g/mol. The molecule has 0 aliphatic heterocycles. The first-order valence-corrected chi connectivity index (χ1v) is 3.98. The third kappa shape index (κ3) is 1.91. The normalized spacial score (nSPS) is 11.5. The second-order valence-electron chi connectivity index (χ2n) is 2.98. The Balaban J connectivity index is 2.93. The Hall–Kier alpha value is -0.603. The van der Waals surface area contributed by atoms with Crippen molar-refractivity contribution in [2.75, 3.05) is 0 Å². The standard InChI is InChI=1S/C9H11OSi/c1-9(2,10-11)8-6-4-3-5-7-8/h3-7H,1-2H3. The van der Waals surface area contributed by atoms with Gasteiger partial charge in [0.25, 0.3) is 0 Å². The zero-order chi connectivity index (χ0) is 8.32. The molecule has 0 N–H and O–H groups in total. The molecule has 1 aromatic carbocycles. The van der Waals surface area contributed by atoms with Gasteiger partial charge in [0.2, 0.25) is 10.5 Å². The molecule has 0 bridgehead atoms. The summed E-state index contributed by atoms with van der Waals surface area (Å²) in [6.07, 6.45) is 0. The van der Waals surface area contributed by atoms with E-state index in [4.69, 9.17) is 4.43 Å². The van der Waals surface area contributed by atoms with E-state index >= 15 is 0 Å². The van der Waals surface area contributed by atoms with Crippen LogP contribution in [0, 0.1) is 0 Å². The first-order valence-electron chi connectivity index (χ1n) is 3.57. The van der Waals surface area contributed by atoms with E-state index in [0.29, 0.717) is 0 Å². The van der Waals surface area contributed by atoms with Crippen LogP contribution in [0.3, 0.4) is 0 Å². The summed E-state index contributed by atoms with van der Waals surface area (Å²) in [5.41, 5.74) is 0.910. The Morgan fingerprint density at radius 2 is 1.73 bits per heavy atom. The van der Waals surface area contributed by atoms with Gasteiger partial charge < -0.3 is 4.43 Å². The molecule has 3 radical (unpaired) electrons. The fourth-order valence-electron chi connectivity index (χ4n) is 0.898. The molecule has 0 heterocycles. The van der Waals surface area contributed by atoms with Gasteiger partial charge in [-0.25, -0.2) is 0 Å². The highest BCUT2D eigenvalue weighted by Gasteiger charge is 2.17. The van der Waals surface area contributed by atoms with Crippen molar-refractivity contribution in [2.24, 2.45) is 0 Å². The third-order valence-corrected chi connectivity index (χ3v) is 2.23. The third-order valence-electron chi connectivity index (χ3n) is 1.72. The minimum absolute atomic E-state index is 0.252. The second kappa shape index (κ2) is 3.20. The van der Waals surface area contributed by atoms with Gasteiger partial charge in [0.05, 0.1) is 5.60 Å². The lowest BCUT2D eigenvalue weighted by Crippen LogP contribution is -2.19. The van der Waals surface area contributed by atoms with Gasteiger partial charge in [-0.05, 0) is 19.4 Å². The molecule has 11 heavy (non-hydrogen) atoms. The summed E-state index contributed by atoms with van der Waals surface area (Å²) in [7, 11) is 3.05. The van der Waals surface area contributed by atoms with E-state index in [1.807, 2.05) is 44.2 Å². The van der Waals surface area contributed by atoms with Crippen LogP contribution in [0.2, 0.25) is 0 Å². The Kier molecular flexibility index (Phi) is 2.47. The van der Waals surface area contributed by atoms with E-state index in [0.717, 1.165) is 5.56 Å². The van der Waals surface area contributed by atoms with Gasteiger partial charge >= 0.3 is 0 Å². The molecule has 0 aliphatic carbocycles. The summed E-state index contributed by atoms with van der Waals surface area (Å²) >= 11 is 0. The van der Waals surface area contributed by atoms with Crippen LogP contribution < -0.4 is 0 Å². The Labute approximate surface area is 70.9 Å². The van der Waals surface area contributed by atoms with E-state index < -0.39 is 0 Å². The smallest absolute Gasteiger partial charge is 0.247 e. The van der Waals surface area contributed by atoms with Gasteiger partial charge in [-0.3, -0.25) is 0 Å². The molecule has 0 saturated carbocycles. The van der Waals surface area contributed by atoms with Crippen LogP contribution in [0.4, 0.5) is 0 Å². The summed E-state index contributed by atoms with van der Waals surface area (Å²) in [5, 5.41) is 0. The summed E-state index contributed by atoms with van der Waals surface area (Å²) < 4.78 is 5.13. The van der Waals surface area contributed by atoms with Crippen LogP contribution in [0.15, 0.2) is 30.3 Å². The number of rotatable bonds is 2. The van der Waals surface area contributed by atoms with Crippen LogP contribution >= 0.6 is 0 Å². The molecule has 0 amide bonds. The van der Waals surface area contributed by atoms with Crippen molar-refractivity contribution in [3.63, 3.8) is 0 Å².